The minimum Gasteiger partial charge on any atom is -0.481 e. The van der Waals surface area contributed by atoms with Gasteiger partial charge in [-0.3, -0.25) is 86.3 Å². The van der Waals surface area contributed by atoms with Crippen LogP contribution in [0.1, 0.15) is 116 Å². The van der Waals surface area contributed by atoms with E-state index >= 15 is 9.59 Å². The number of thioether (sulfide) groups is 1. The molecular formula is C76H110N20O20S. The fourth-order valence-electron chi connectivity index (χ4n) is 11.8. The first-order valence-electron chi connectivity index (χ1n) is 37.8. The molecule has 0 bridgehead atoms. The number of aliphatic carboxylic acids is 1. The Morgan fingerprint density at radius 3 is 1.29 bits per heavy atom. The van der Waals surface area contributed by atoms with Crippen LogP contribution in [-0.4, -0.2) is 231 Å². The lowest BCUT2D eigenvalue weighted by Crippen LogP contribution is -2.62. The zero-order chi connectivity index (χ0) is 87.3. The van der Waals surface area contributed by atoms with Crippen LogP contribution in [0, 0.1) is 11.8 Å². The highest BCUT2D eigenvalue weighted by atomic mass is 32.2. The van der Waals surface area contributed by atoms with E-state index < -0.39 is 235 Å². The molecule has 1 heterocycles. The number of primary amides is 4. The predicted octanol–water partition coefficient (Wildman–Crippen LogP) is -5.97. The highest BCUT2D eigenvalue weighted by molar-refractivity contribution is 7.98. The van der Waals surface area contributed by atoms with Crippen molar-refractivity contribution in [1.82, 2.24) is 74.1 Å². The molecule has 0 aliphatic carbocycles. The fourth-order valence-corrected chi connectivity index (χ4v) is 12.2. The normalized spacial score (nSPS) is 15.0. The van der Waals surface area contributed by atoms with E-state index in [1.807, 2.05) is 0 Å². The third-order valence-electron chi connectivity index (χ3n) is 18.6. The van der Waals surface area contributed by atoms with Crippen molar-refractivity contribution in [3.8, 4) is 0 Å². The van der Waals surface area contributed by atoms with E-state index in [1.54, 1.807) is 125 Å². The number of para-hydroxylation sites is 1. The molecule has 640 valence electrons. The molecular weight excluding hydrogens is 1550 g/mol. The Morgan fingerprint density at radius 1 is 0.427 bits per heavy atom. The van der Waals surface area contributed by atoms with Crippen LogP contribution in [-0.2, 0) is 106 Å². The van der Waals surface area contributed by atoms with Crippen molar-refractivity contribution in [2.45, 2.75) is 203 Å². The molecule has 0 spiro atoms. The number of aromatic nitrogens is 1. The number of aromatic amines is 1. The second-order valence-electron chi connectivity index (χ2n) is 28.5. The van der Waals surface area contributed by atoms with Crippen LogP contribution in [0.2, 0.25) is 0 Å². The number of nitrogens with two attached hydrogens (primary N) is 6. The second-order valence-corrected chi connectivity index (χ2v) is 29.4. The maximum atomic E-state index is 15.2. The van der Waals surface area contributed by atoms with Crippen molar-refractivity contribution in [3.63, 3.8) is 0 Å². The summed E-state index contributed by atoms with van der Waals surface area (Å²) < 4.78 is 0. The van der Waals surface area contributed by atoms with Crippen molar-refractivity contribution in [2.75, 3.05) is 25.1 Å². The number of hydrogen-bond acceptors (Lipinski definition) is 22. The SMILES string of the molecule is CC[C@H](C)[C@H](NC(=O)[C@H](CCSC)NC(=O)[C@H](Cc1c[nH]c2ccccc12)NC(=O)[C@H](CCCCN)NC(=O)[C@H](Cc1ccccc1)NC(=O)[C@H](C)NC(=O)[C@@H](NC(=O)[C@H](CC(N)=O)NC(=O)[C@H](CC(=O)O)NC(=O)[C@H](CC(N)=O)NC(=O)[C@@H](N)C(C)C)[C@@H](C)O)C(=O)N[C@@H](Cc1ccccc1)C(=O)N[C@@H](CC(N)=O)C(=O)NCC(N)=O. The molecule has 0 radical (unpaired) electrons. The number of carboxylic acids is 1. The van der Waals surface area contributed by atoms with Crippen LogP contribution < -0.4 is 104 Å². The molecule has 41 heteroatoms. The molecule has 4 rings (SSSR count). The van der Waals surface area contributed by atoms with Gasteiger partial charge in [-0.2, -0.15) is 11.8 Å². The van der Waals surface area contributed by atoms with Gasteiger partial charge >= 0.3 is 5.97 Å². The van der Waals surface area contributed by atoms with Gasteiger partial charge in [0.1, 0.15) is 72.5 Å². The van der Waals surface area contributed by atoms with Crippen molar-refractivity contribution in [3.05, 3.63) is 108 Å². The molecule has 28 N–H and O–H groups in total. The van der Waals surface area contributed by atoms with E-state index in [0.717, 1.165) is 13.8 Å². The molecule has 117 heavy (non-hydrogen) atoms. The second kappa shape index (κ2) is 49.0. The molecule has 17 amide bonds. The van der Waals surface area contributed by atoms with Crippen molar-refractivity contribution in [1.29, 1.82) is 0 Å². The van der Waals surface area contributed by atoms with Gasteiger partial charge in [0.2, 0.25) is 100 Å². The topological polar surface area (TPSA) is 676 Å². The molecule has 4 aromatic rings. The van der Waals surface area contributed by atoms with Gasteiger partial charge in [-0.15, -0.1) is 0 Å². The number of H-pyrrole nitrogens is 1. The van der Waals surface area contributed by atoms with Crippen molar-refractivity contribution in [2.24, 2.45) is 46.2 Å². The maximum absolute atomic E-state index is 15.2. The summed E-state index contributed by atoms with van der Waals surface area (Å²) in [6, 6.07) is 2.38. The molecule has 0 saturated heterocycles. The van der Waals surface area contributed by atoms with Crippen LogP contribution in [0.5, 0.6) is 0 Å². The first kappa shape index (κ1) is 97.3. The summed E-state index contributed by atoms with van der Waals surface area (Å²) in [6.45, 7) is 8.25. The number of fused-ring (bicyclic) bond motifs is 1. The average Bonchev–Trinajstić information content (AvgIpc) is 1.66. The van der Waals surface area contributed by atoms with Crippen LogP contribution in [0.4, 0.5) is 0 Å². The number of aliphatic hydroxyl groups excluding tert-OH is 1. The van der Waals surface area contributed by atoms with E-state index in [1.165, 1.54) is 11.8 Å². The third kappa shape index (κ3) is 33.3. The van der Waals surface area contributed by atoms with Gasteiger partial charge in [0.15, 0.2) is 0 Å². The lowest BCUT2D eigenvalue weighted by Gasteiger charge is -2.30. The fraction of sp³-hybridized carbons (Fsp3) is 0.500. The monoisotopic (exact) mass is 1650 g/mol. The first-order chi connectivity index (χ1) is 55.3. The summed E-state index contributed by atoms with van der Waals surface area (Å²) in [5, 5.41) is 53.1. The first-order valence-corrected chi connectivity index (χ1v) is 39.2. The Kier molecular flexibility index (Phi) is 40.7. The summed E-state index contributed by atoms with van der Waals surface area (Å²) in [4.78, 5) is 247. The summed E-state index contributed by atoms with van der Waals surface area (Å²) in [7, 11) is 0. The Balaban J connectivity index is 1.65. The van der Waals surface area contributed by atoms with E-state index in [9.17, 15) is 86.9 Å². The number of rotatable bonds is 52. The van der Waals surface area contributed by atoms with Gasteiger partial charge in [0.25, 0.3) is 0 Å². The van der Waals surface area contributed by atoms with E-state index in [-0.39, 0.29) is 57.2 Å². The molecule has 0 fully saturated rings. The standard InChI is InChI=1S/C76H110N20O20S/c1-8-39(4)62(75(115)94-50(30-43-21-13-10-14-22-43)69(109)90-52(32-56(78)98)65(105)84-37-59(81)101)95-67(107)48(26-28-117-7)87-70(110)51(31-44-36-83-46-24-16-15-23-45(44)46)89-66(106)47(25-17-18-27-77)86-68(108)49(29-42-19-11-9-12-20-42)88-64(104)40(5)85-76(116)63(41(6)97)96-73(113)54(34-58(80)100)91-72(112)55(35-60(102)103)92-71(111)53(33-57(79)99)93-74(114)61(82)38(2)3/h9-16,19-24,36,38-41,47-55,61-63,83,97H,8,17-18,25-35,37,77,82H2,1-7H3,(H2,78,98)(H2,79,99)(H2,80,100)(H2,81,101)(H,84,105)(H,85,116)(H,86,108)(H,87,110)(H,88,104)(H,89,106)(H,90,109)(H,91,112)(H,92,111)(H,93,114)(H,94,115)(H,95,107)(H,96,113)(H,102,103)/t39-,40-,41+,47-,48-,49-,50-,51-,52-,53-,54-,55-,61-,62-,63-/m0/s1. The van der Waals surface area contributed by atoms with E-state index in [4.69, 9.17) is 34.4 Å². The number of unbranched alkanes of at least 4 members (excludes halogenated alkanes) is 1. The molecule has 15 atom stereocenters. The molecule has 0 unspecified atom stereocenters. The maximum Gasteiger partial charge on any atom is 0.305 e. The summed E-state index contributed by atoms with van der Waals surface area (Å²) in [5.41, 5.74) is 35.3. The van der Waals surface area contributed by atoms with Crippen LogP contribution in [0.3, 0.4) is 0 Å². The molecule has 1 aromatic heterocycles. The number of carboxylic acid groups (broad SMARTS) is 1. The van der Waals surface area contributed by atoms with Crippen LogP contribution in [0.25, 0.3) is 10.9 Å². The summed E-state index contributed by atoms with van der Waals surface area (Å²) in [5.74, 6) is -20.6. The summed E-state index contributed by atoms with van der Waals surface area (Å²) in [6.07, 6.45) is -2.21. The van der Waals surface area contributed by atoms with Gasteiger partial charge in [-0.05, 0) is 92.7 Å². The van der Waals surface area contributed by atoms with Crippen LogP contribution >= 0.6 is 11.8 Å². The zero-order valence-corrected chi connectivity index (χ0v) is 66.9. The Hall–Kier alpha value is -12.1. The van der Waals surface area contributed by atoms with E-state index in [2.05, 4.69) is 74.1 Å². The molecule has 40 nitrogen and oxygen atoms in total. The lowest BCUT2D eigenvalue weighted by molar-refractivity contribution is -0.142. The zero-order valence-electron chi connectivity index (χ0n) is 66.1. The minimum atomic E-state index is -2.10. The molecule has 0 aliphatic heterocycles. The van der Waals surface area contributed by atoms with E-state index in [0.29, 0.717) is 34.0 Å². The van der Waals surface area contributed by atoms with Crippen molar-refractivity contribution >= 4 is 129 Å². The smallest absolute Gasteiger partial charge is 0.305 e. The highest BCUT2D eigenvalue weighted by Gasteiger charge is 2.40. The van der Waals surface area contributed by atoms with Gasteiger partial charge < -0.3 is 119 Å². The van der Waals surface area contributed by atoms with Gasteiger partial charge in [-0.1, -0.05) is 113 Å². The van der Waals surface area contributed by atoms with Gasteiger partial charge in [-0.25, -0.2) is 0 Å². The third-order valence-corrected chi connectivity index (χ3v) is 19.2. The Labute approximate surface area is 679 Å². The largest absolute Gasteiger partial charge is 0.481 e. The Bertz CT molecular complexity index is 4140. The quantitative estimate of drug-likeness (QED) is 0.0183. The highest BCUT2D eigenvalue weighted by Crippen LogP contribution is 2.21. The summed E-state index contributed by atoms with van der Waals surface area (Å²) >= 11 is 1.32. The number of hydrogen-bond donors (Lipinski definition) is 22. The number of aliphatic hydroxyl groups is 1. The van der Waals surface area contributed by atoms with Crippen LogP contribution in [0.15, 0.2) is 91.1 Å². The Morgan fingerprint density at radius 2 is 0.821 bits per heavy atom. The van der Waals surface area contributed by atoms with Crippen molar-refractivity contribution < 1.29 is 96.5 Å². The molecule has 0 saturated carbocycles. The van der Waals surface area contributed by atoms with Gasteiger partial charge in [0.05, 0.1) is 44.4 Å². The minimum absolute atomic E-state index is 0.0405. The number of amides is 17. The average molecular weight is 1660 g/mol. The number of nitrogens with one attached hydrogen (secondary N) is 14. The predicted molar refractivity (Wildman–Crippen MR) is 427 cm³/mol. The number of carbonyl (C=O) groups is 18. The number of carbonyl (C=O) groups excluding carboxylic acids is 17. The lowest BCUT2D eigenvalue weighted by atomic mass is 9.96. The molecule has 3 aromatic carbocycles. The molecule has 0 aliphatic rings. The number of benzene rings is 3. The van der Waals surface area contributed by atoms with Gasteiger partial charge in [0, 0.05) is 36.4 Å².